The van der Waals surface area contributed by atoms with Gasteiger partial charge in [-0.3, -0.25) is 9.59 Å². The molecule has 170 valence electrons. The summed E-state index contributed by atoms with van der Waals surface area (Å²) < 4.78 is 10.4. The molecule has 0 unspecified atom stereocenters. The van der Waals surface area contributed by atoms with Crippen LogP contribution >= 0.6 is 0 Å². The third kappa shape index (κ3) is 5.00. The van der Waals surface area contributed by atoms with Crippen LogP contribution in [0.1, 0.15) is 34.0 Å². The molecule has 33 heavy (non-hydrogen) atoms. The fraction of sp³-hybridized carbons (Fsp3) is 0.259. The van der Waals surface area contributed by atoms with Crippen LogP contribution in [0.15, 0.2) is 66.7 Å². The van der Waals surface area contributed by atoms with Crippen LogP contribution < -0.4 is 19.7 Å². The van der Waals surface area contributed by atoms with Gasteiger partial charge in [-0.25, -0.2) is 0 Å². The SMILES string of the molecule is COc1ccc(C(=O)N2c3cc(CNC(=O)Cc4cccc(OC)c4)ccc3C[C@@H]2C)cc1. The lowest BCUT2D eigenvalue weighted by atomic mass is 10.1. The molecule has 0 aromatic heterocycles. The maximum absolute atomic E-state index is 13.3. The lowest BCUT2D eigenvalue weighted by Gasteiger charge is -2.23. The van der Waals surface area contributed by atoms with Crippen molar-refractivity contribution in [2.24, 2.45) is 0 Å². The van der Waals surface area contributed by atoms with Gasteiger partial charge in [0, 0.05) is 23.8 Å². The number of anilines is 1. The minimum atomic E-state index is -0.0664. The topological polar surface area (TPSA) is 67.9 Å². The van der Waals surface area contributed by atoms with Crippen molar-refractivity contribution in [3.05, 3.63) is 89.0 Å². The number of hydrogen-bond acceptors (Lipinski definition) is 4. The van der Waals surface area contributed by atoms with E-state index in [1.54, 1.807) is 38.5 Å². The van der Waals surface area contributed by atoms with Crippen LogP contribution in [-0.4, -0.2) is 32.1 Å². The molecule has 0 radical (unpaired) electrons. The first-order chi connectivity index (χ1) is 16.0. The van der Waals surface area contributed by atoms with Crippen LogP contribution in [0.2, 0.25) is 0 Å². The van der Waals surface area contributed by atoms with Crippen molar-refractivity contribution in [1.82, 2.24) is 5.32 Å². The normalized spacial score (nSPS) is 14.5. The number of carbonyl (C=O) groups excluding carboxylic acids is 2. The van der Waals surface area contributed by atoms with Gasteiger partial charge in [0.05, 0.1) is 20.6 Å². The number of ether oxygens (including phenoxy) is 2. The van der Waals surface area contributed by atoms with E-state index in [4.69, 9.17) is 9.47 Å². The van der Waals surface area contributed by atoms with E-state index in [9.17, 15) is 9.59 Å². The number of nitrogens with one attached hydrogen (secondary N) is 1. The Morgan fingerprint density at radius 2 is 1.70 bits per heavy atom. The molecule has 1 atom stereocenters. The molecule has 2 amide bonds. The van der Waals surface area contributed by atoms with E-state index in [0.717, 1.165) is 34.5 Å². The summed E-state index contributed by atoms with van der Waals surface area (Å²) in [7, 11) is 3.21. The number of fused-ring (bicyclic) bond motifs is 1. The van der Waals surface area contributed by atoms with Crippen LogP contribution in [-0.2, 0) is 24.2 Å². The molecule has 0 bridgehead atoms. The van der Waals surface area contributed by atoms with Crippen LogP contribution in [0.5, 0.6) is 11.5 Å². The molecule has 0 spiro atoms. The minimum absolute atomic E-state index is 0.0388. The second-order valence-corrected chi connectivity index (χ2v) is 8.22. The second kappa shape index (κ2) is 9.77. The Morgan fingerprint density at radius 1 is 0.939 bits per heavy atom. The van der Waals surface area contributed by atoms with Crippen molar-refractivity contribution in [1.29, 1.82) is 0 Å². The summed E-state index contributed by atoms with van der Waals surface area (Å²) in [5.74, 6) is 1.34. The van der Waals surface area contributed by atoms with E-state index in [1.165, 1.54) is 0 Å². The molecule has 0 aliphatic carbocycles. The average Bonchev–Trinajstić information content (AvgIpc) is 3.17. The van der Waals surface area contributed by atoms with Crippen LogP contribution in [0.4, 0.5) is 5.69 Å². The summed E-state index contributed by atoms with van der Waals surface area (Å²) >= 11 is 0. The van der Waals surface area contributed by atoms with Gasteiger partial charge >= 0.3 is 0 Å². The third-order valence-electron chi connectivity index (χ3n) is 5.91. The van der Waals surface area contributed by atoms with Crippen LogP contribution in [0, 0.1) is 0 Å². The van der Waals surface area contributed by atoms with Gasteiger partial charge in [-0.15, -0.1) is 0 Å². The number of benzene rings is 3. The second-order valence-electron chi connectivity index (χ2n) is 8.22. The Labute approximate surface area is 194 Å². The van der Waals surface area contributed by atoms with Crippen LogP contribution in [0.25, 0.3) is 0 Å². The Hall–Kier alpha value is -3.80. The molecule has 0 fully saturated rings. The van der Waals surface area contributed by atoms with Gasteiger partial charge in [-0.05, 0) is 72.5 Å². The number of amides is 2. The zero-order valence-corrected chi connectivity index (χ0v) is 19.1. The quantitative estimate of drug-likeness (QED) is 0.594. The zero-order chi connectivity index (χ0) is 23.4. The molecule has 3 aromatic carbocycles. The Bertz CT molecular complexity index is 1160. The van der Waals surface area contributed by atoms with E-state index in [1.807, 2.05) is 41.3 Å². The Kier molecular flexibility index (Phi) is 6.63. The van der Waals surface area contributed by atoms with E-state index < -0.39 is 0 Å². The van der Waals surface area contributed by atoms with Gasteiger partial charge in [-0.2, -0.15) is 0 Å². The van der Waals surface area contributed by atoms with Crippen molar-refractivity contribution >= 4 is 17.5 Å². The number of nitrogens with zero attached hydrogens (tertiary/aromatic N) is 1. The average molecular weight is 445 g/mol. The van der Waals surface area contributed by atoms with E-state index in [-0.39, 0.29) is 24.3 Å². The van der Waals surface area contributed by atoms with Gasteiger partial charge in [-0.1, -0.05) is 24.3 Å². The molecule has 0 saturated carbocycles. The molecule has 1 aliphatic rings. The highest BCUT2D eigenvalue weighted by Gasteiger charge is 2.31. The standard InChI is InChI=1S/C27H28N2O4/c1-18-13-22-8-7-20(17-28-26(30)16-19-5-4-6-24(14-19)33-3)15-25(22)29(18)27(31)21-9-11-23(32-2)12-10-21/h4-12,14-15,18H,13,16-17H2,1-3H3,(H,28,30)/t18-/m0/s1. The zero-order valence-electron chi connectivity index (χ0n) is 19.1. The summed E-state index contributed by atoms with van der Waals surface area (Å²) in [6.45, 7) is 2.45. The summed E-state index contributed by atoms with van der Waals surface area (Å²) in [5, 5.41) is 2.98. The summed E-state index contributed by atoms with van der Waals surface area (Å²) in [6.07, 6.45) is 1.08. The minimum Gasteiger partial charge on any atom is -0.497 e. The maximum atomic E-state index is 13.3. The predicted octanol–water partition coefficient (Wildman–Crippen LogP) is 4.15. The van der Waals surface area contributed by atoms with E-state index in [0.29, 0.717) is 17.9 Å². The van der Waals surface area contributed by atoms with E-state index in [2.05, 4.69) is 18.3 Å². The van der Waals surface area contributed by atoms with Crippen LogP contribution in [0.3, 0.4) is 0 Å². The molecule has 1 N–H and O–H groups in total. The molecule has 1 heterocycles. The van der Waals surface area contributed by atoms with Crippen molar-refractivity contribution < 1.29 is 19.1 Å². The fourth-order valence-corrected chi connectivity index (χ4v) is 4.18. The monoisotopic (exact) mass is 444 g/mol. The lowest BCUT2D eigenvalue weighted by Crippen LogP contribution is -2.35. The molecular formula is C27H28N2O4. The highest BCUT2D eigenvalue weighted by atomic mass is 16.5. The summed E-state index contributed by atoms with van der Waals surface area (Å²) in [4.78, 5) is 27.6. The van der Waals surface area contributed by atoms with Crippen molar-refractivity contribution in [3.63, 3.8) is 0 Å². The van der Waals surface area contributed by atoms with Crippen molar-refractivity contribution in [3.8, 4) is 11.5 Å². The van der Waals surface area contributed by atoms with Gasteiger partial charge in [0.25, 0.3) is 5.91 Å². The van der Waals surface area contributed by atoms with Crippen molar-refractivity contribution in [2.45, 2.75) is 32.4 Å². The first kappa shape index (κ1) is 22.4. The number of hydrogen-bond donors (Lipinski definition) is 1. The fourth-order valence-electron chi connectivity index (χ4n) is 4.18. The molecule has 1 aliphatic heterocycles. The van der Waals surface area contributed by atoms with Crippen molar-refractivity contribution in [2.75, 3.05) is 19.1 Å². The van der Waals surface area contributed by atoms with Gasteiger partial charge in [0.15, 0.2) is 0 Å². The first-order valence-electron chi connectivity index (χ1n) is 11.0. The molecular weight excluding hydrogens is 416 g/mol. The molecule has 6 heteroatoms. The number of carbonyl (C=O) groups is 2. The predicted molar refractivity (Wildman–Crippen MR) is 128 cm³/mol. The highest BCUT2D eigenvalue weighted by Crippen LogP contribution is 2.34. The Morgan fingerprint density at radius 3 is 2.42 bits per heavy atom. The molecule has 6 nitrogen and oxygen atoms in total. The van der Waals surface area contributed by atoms with Gasteiger partial charge in [0.2, 0.25) is 5.91 Å². The highest BCUT2D eigenvalue weighted by molar-refractivity contribution is 6.07. The first-order valence-corrected chi connectivity index (χ1v) is 11.0. The third-order valence-corrected chi connectivity index (χ3v) is 5.91. The lowest BCUT2D eigenvalue weighted by molar-refractivity contribution is -0.120. The number of rotatable bonds is 7. The van der Waals surface area contributed by atoms with E-state index >= 15 is 0 Å². The molecule has 4 rings (SSSR count). The molecule has 0 saturated heterocycles. The number of methoxy groups -OCH3 is 2. The maximum Gasteiger partial charge on any atom is 0.258 e. The van der Waals surface area contributed by atoms with Gasteiger partial charge in [0.1, 0.15) is 11.5 Å². The Balaban J connectivity index is 1.45. The smallest absolute Gasteiger partial charge is 0.258 e. The largest absolute Gasteiger partial charge is 0.497 e. The van der Waals surface area contributed by atoms with Gasteiger partial charge < -0.3 is 19.7 Å². The summed E-state index contributed by atoms with van der Waals surface area (Å²) in [5.41, 5.74) is 4.51. The summed E-state index contributed by atoms with van der Waals surface area (Å²) in [6, 6.07) is 20.8. The molecule has 3 aromatic rings.